The molecular weight excluding hydrogens is 354 g/mol. The number of quaternary nitrogens is 1. The lowest BCUT2D eigenvalue weighted by molar-refractivity contribution is -0.706. The predicted octanol–water partition coefficient (Wildman–Crippen LogP) is 0.783. The van der Waals surface area contributed by atoms with Crippen molar-refractivity contribution >= 4 is 10.1 Å². The lowest BCUT2D eigenvalue weighted by Crippen LogP contribution is -2.88. The molecule has 0 fully saturated rings. The number of benzene rings is 2. The minimum Gasteiger partial charge on any atom is -0.744 e. The largest absolute Gasteiger partial charge is 0.744 e. The van der Waals surface area contributed by atoms with Crippen LogP contribution in [0.4, 0.5) is 0 Å². The van der Waals surface area contributed by atoms with E-state index in [0.717, 1.165) is 24.9 Å². The minimum atomic E-state index is -4.27. The van der Waals surface area contributed by atoms with Gasteiger partial charge in [0.25, 0.3) is 0 Å². The van der Waals surface area contributed by atoms with Crippen LogP contribution in [-0.2, 0) is 16.7 Å². The first-order chi connectivity index (χ1) is 12.4. The van der Waals surface area contributed by atoms with Crippen molar-refractivity contribution in [2.45, 2.75) is 37.2 Å². The number of aliphatic hydroxyl groups excluding tert-OH is 2. The second kappa shape index (κ2) is 11.8. The van der Waals surface area contributed by atoms with Gasteiger partial charge >= 0.3 is 0 Å². The highest BCUT2D eigenvalue weighted by atomic mass is 32.2. The van der Waals surface area contributed by atoms with Crippen molar-refractivity contribution < 1.29 is 28.5 Å². The Hall–Kier alpha value is -1.77. The molecule has 0 heterocycles. The second-order valence-corrected chi connectivity index (χ2v) is 7.36. The van der Waals surface area contributed by atoms with Gasteiger partial charge in [0.2, 0.25) is 0 Å². The van der Waals surface area contributed by atoms with Crippen LogP contribution in [-0.4, -0.2) is 42.4 Å². The number of hydrogen-bond acceptors (Lipinski definition) is 5. The summed E-state index contributed by atoms with van der Waals surface area (Å²) in [7, 11) is -4.27. The molecule has 0 aliphatic rings. The summed E-state index contributed by atoms with van der Waals surface area (Å²) in [5.41, 5.74) is 2.20. The van der Waals surface area contributed by atoms with Crippen molar-refractivity contribution in [3.05, 3.63) is 65.7 Å². The van der Waals surface area contributed by atoms with E-state index in [2.05, 4.69) is 17.4 Å². The standard InChI is InChI=1S/C12H19NO2.C7H8O3S/c14-8-6-12(7-9-15)13-10-11-4-2-1-3-5-11;1-6-2-4-7(5-3-6)11(8,9)10/h1-5,12-15H,6-10H2;2-5H,1H3,(H,8,9,10). The van der Waals surface area contributed by atoms with E-state index in [0.29, 0.717) is 6.04 Å². The third kappa shape index (κ3) is 9.07. The quantitative estimate of drug-likeness (QED) is 0.585. The molecule has 0 atom stereocenters. The van der Waals surface area contributed by atoms with Crippen LogP contribution in [0.15, 0.2) is 59.5 Å². The number of aliphatic hydroxyl groups is 2. The van der Waals surface area contributed by atoms with Crippen molar-refractivity contribution in [2.75, 3.05) is 13.2 Å². The zero-order valence-corrected chi connectivity index (χ0v) is 15.7. The van der Waals surface area contributed by atoms with E-state index in [9.17, 15) is 13.0 Å². The lowest BCUT2D eigenvalue weighted by atomic mass is 10.1. The molecule has 0 saturated heterocycles. The Morgan fingerprint density at radius 1 is 0.962 bits per heavy atom. The summed E-state index contributed by atoms with van der Waals surface area (Å²) < 4.78 is 31.2. The normalized spacial score (nSPS) is 11.1. The molecule has 7 heteroatoms. The minimum absolute atomic E-state index is 0.178. The fourth-order valence-corrected chi connectivity index (χ4v) is 2.80. The third-order valence-electron chi connectivity index (χ3n) is 3.84. The topological polar surface area (TPSA) is 114 Å². The van der Waals surface area contributed by atoms with Crippen molar-refractivity contribution in [2.24, 2.45) is 0 Å². The van der Waals surface area contributed by atoms with E-state index < -0.39 is 10.1 Å². The van der Waals surface area contributed by atoms with Crippen LogP contribution in [0.2, 0.25) is 0 Å². The van der Waals surface area contributed by atoms with Gasteiger partial charge in [0.05, 0.1) is 10.9 Å². The van der Waals surface area contributed by atoms with Crippen LogP contribution in [0.25, 0.3) is 0 Å². The van der Waals surface area contributed by atoms with Crippen LogP contribution < -0.4 is 5.32 Å². The van der Waals surface area contributed by atoms with Gasteiger partial charge in [0.1, 0.15) is 16.7 Å². The van der Waals surface area contributed by atoms with Gasteiger partial charge in [-0.3, -0.25) is 0 Å². The molecule has 0 aliphatic heterocycles. The zero-order valence-electron chi connectivity index (χ0n) is 14.9. The van der Waals surface area contributed by atoms with Gasteiger partial charge in [-0.2, -0.15) is 0 Å². The molecule has 2 rings (SSSR count). The number of nitrogens with two attached hydrogens (primary N) is 1. The molecule has 0 spiro atoms. The van der Waals surface area contributed by atoms with Crippen LogP contribution in [0.3, 0.4) is 0 Å². The maximum absolute atomic E-state index is 10.4. The third-order valence-corrected chi connectivity index (χ3v) is 4.69. The van der Waals surface area contributed by atoms with Gasteiger partial charge < -0.3 is 20.1 Å². The van der Waals surface area contributed by atoms with E-state index in [-0.39, 0.29) is 18.1 Å². The summed E-state index contributed by atoms with van der Waals surface area (Å²) in [4.78, 5) is -0.178. The number of aryl methyl sites for hydroxylation is 1. The average molecular weight is 381 g/mol. The average Bonchev–Trinajstić information content (AvgIpc) is 2.61. The van der Waals surface area contributed by atoms with Crippen molar-refractivity contribution in [3.8, 4) is 0 Å². The Bertz CT molecular complexity index is 711. The molecule has 6 nitrogen and oxygen atoms in total. The summed E-state index contributed by atoms with van der Waals surface area (Å²) in [6.07, 6.45) is 1.49. The Kier molecular flexibility index (Phi) is 10.1. The van der Waals surface area contributed by atoms with Gasteiger partial charge in [-0.1, -0.05) is 48.0 Å². The summed E-state index contributed by atoms with van der Waals surface area (Å²) in [5.74, 6) is 0. The number of hydrogen-bond donors (Lipinski definition) is 3. The molecule has 4 N–H and O–H groups in total. The highest BCUT2D eigenvalue weighted by Crippen LogP contribution is 2.08. The van der Waals surface area contributed by atoms with Crippen LogP contribution >= 0.6 is 0 Å². The van der Waals surface area contributed by atoms with Crippen molar-refractivity contribution in [3.63, 3.8) is 0 Å². The zero-order chi connectivity index (χ0) is 19.4. The van der Waals surface area contributed by atoms with Crippen LogP contribution in [0, 0.1) is 6.92 Å². The van der Waals surface area contributed by atoms with Crippen molar-refractivity contribution in [1.29, 1.82) is 0 Å². The van der Waals surface area contributed by atoms with Gasteiger partial charge in [0.15, 0.2) is 0 Å². The van der Waals surface area contributed by atoms with E-state index in [1.54, 1.807) is 12.1 Å². The maximum atomic E-state index is 10.4. The Labute approximate surface area is 155 Å². The monoisotopic (exact) mass is 381 g/mol. The Morgan fingerprint density at radius 3 is 1.96 bits per heavy atom. The second-order valence-electron chi connectivity index (χ2n) is 5.98. The van der Waals surface area contributed by atoms with Crippen LogP contribution in [0.5, 0.6) is 0 Å². The number of rotatable bonds is 8. The smallest absolute Gasteiger partial charge is 0.124 e. The molecule has 0 amide bonds. The summed E-state index contributed by atoms with van der Waals surface area (Å²) in [6.45, 7) is 3.11. The van der Waals surface area contributed by atoms with E-state index >= 15 is 0 Å². The lowest BCUT2D eigenvalue weighted by Gasteiger charge is -2.13. The highest BCUT2D eigenvalue weighted by molar-refractivity contribution is 7.85. The molecule has 26 heavy (non-hydrogen) atoms. The highest BCUT2D eigenvalue weighted by Gasteiger charge is 2.10. The maximum Gasteiger partial charge on any atom is 0.124 e. The molecule has 2 aromatic rings. The van der Waals surface area contributed by atoms with Gasteiger partial charge in [-0.05, 0) is 19.1 Å². The SMILES string of the molecule is Cc1ccc(S(=O)(=O)[O-])cc1.OCCC(CCO)[NH2+]Cc1ccccc1. The summed E-state index contributed by atoms with van der Waals surface area (Å²) >= 11 is 0. The summed E-state index contributed by atoms with van der Waals surface area (Å²) in [5, 5.41) is 19.9. The van der Waals surface area contributed by atoms with Crippen molar-refractivity contribution in [1.82, 2.24) is 0 Å². The van der Waals surface area contributed by atoms with E-state index in [1.165, 1.54) is 17.7 Å². The first-order valence-corrected chi connectivity index (χ1v) is 9.89. The molecule has 0 aromatic heterocycles. The van der Waals surface area contributed by atoms with E-state index in [4.69, 9.17) is 10.2 Å². The fraction of sp³-hybridized carbons (Fsp3) is 0.368. The molecule has 0 radical (unpaired) electrons. The van der Waals surface area contributed by atoms with Gasteiger partial charge in [-0.15, -0.1) is 0 Å². The molecule has 0 saturated carbocycles. The molecule has 0 unspecified atom stereocenters. The first-order valence-electron chi connectivity index (χ1n) is 8.48. The van der Waals surface area contributed by atoms with Gasteiger partial charge in [0, 0.05) is 31.6 Å². The summed E-state index contributed by atoms with van der Waals surface area (Å²) in [6, 6.07) is 16.3. The van der Waals surface area contributed by atoms with E-state index in [1.807, 2.05) is 25.1 Å². The first kappa shape index (κ1) is 22.3. The van der Waals surface area contributed by atoms with Gasteiger partial charge in [-0.25, -0.2) is 8.42 Å². The molecular formula is C19H27NO5S. The molecule has 0 aliphatic carbocycles. The fourth-order valence-electron chi connectivity index (χ4n) is 2.33. The molecule has 144 valence electrons. The van der Waals surface area contributed by atoms with Crippen LogP contribution in [0.1, 0.15) is 24.0 Å². The molecule has 0 bridgehead atoms. The Morgan fingerprint density at radius 2 is 1.50 bits per heavy atom. The Balaban J connectivity index is 0.000000273. The molecule has 2 aromatic carbocycles. The predicted molar refractivity (Wildman–Crippen MR) is 98.4 cm³/mol.